The van der Waals surface area contributed by atoms with Crippen LogP contribution in [0.1, 0.15) is 74.6 Å². The van der Waals surface area contributed by atoms with Crippen molar-refractivity contribution in [2.45, 2.75) is 52.4 Å². The lowest BCUT2D eigenvalue weighted by atomic mass is 9.33. The van der Waals surface area contributed by atoms with Gasteiger partial charge in [0.25, 0.3) is 6.71 Å². The number of hydrogen-bond acceptors (Lipinski definition) is 6. The second kappa shape index (κ2) is 28.1. The Balaban J connectivity index is 0.888. The van der Waals surface area contributed by atoms with E-state index in [1.54, 1.807) is 9.13 Å². The van der Waals surface area contributed by atoms with E-state index >= 15 is 0 Å². The van der Waals surface area contributed by atoms with Crippen LogP contribution in [0.2, 0.25) is 0 Å². The lowest BCUT2D eigenvalue weighted by Gasteiger charge is -2.46. The molecule has 0 saturated heterocycles. The summed E-state index contributed by atoms with van der Waals surface area (Å²) in [7, 11) is 0. The Morgan fingerprint density at radius 3 is 1.05 bits per heavy atom. The van der Waals surface area contributed by atoms with Gasteiger partial charge in [0.15, 0.2) is 0 Å². The molecule has 0 fully saturated rings. The van der Waals surface area contributed by atoms with E-state index in [9.17, 15) is 21.9 Å². The Morgan fingerprint density at radius 1 is 0.244 bits per heavy atom. The van der Waals surface area contributed by atoms with Gasteiger partial charge >= 0.3 is 0 Å². The quantitative estimate of drug-likeness (QED) is 0.127. The Kier molecular flexibility index (Phi) is 12.9. The molecule has 0 saturated carbocycles. The molecule has 618 valence electrons. The van der Waals surface area contributed by atoms with Crippen LogP contribution < -0.4 is 26.2 Å². The topological polar surface area (TPSA) is 68.9 Å². The summed E-state index contributed by atoms with van der Waals surface area (Å²) in [5.74, 6) is 0. The Morgan fingerprint density at radius 2 is 0.603 bits per heavy atom. The smallest absolute Gasteiger partial charge is 0.252 e. The summed E-state index contributed by atoms with van der Waals surface area (Å²) in [6.45, 7) is 12.2. The number of anilines is 6. The van der Waals surface area contributed by atoms with Crippen LogP contribution in [0.25, 0.3) is 210 Å². The van der Waals surface area contributed by atoms with Crippen molar-refractivity contribution in [3.8, 4) is 78.1 Å². The number of para-hydroxylation sites is 10. The summed E-state index contributed by atoms with van der Waals surface area (Å²) in [5, 5.41) is 6.45. The molecule has 2 aliphatic rings. The van der Waals surface area contributed by atoms with Crippen molar-refractivity contribution in [3.63, 3.8) is 0 Å². The van der Waals surface area contributed by atoms with Gasteiger partial charge in [0.2, 0.25) is 0 Å². The molecule has 25 aromatic rings. The van der Waals surface area contributed by atoms with Gasteiger partial charge in [-0.25, -0.2) is 0 Å². The minimum absolute atomic E-state index is 0.100. The summed E-state index contributed by atoms with van der Waals surface area (Å²) in [4.78, 5) is 4.67. The first-order valence-electron chi connectivity index (χ1n) is 52.1. The molecular weight excluding hydrogens is 1600 g/mol. The molecule has 6 aromatic heterocycles. The maximum Gasteiger partial charge on any atom is 0.252 e. The Bertz CT molecular complexity index is 9620. The molecule has 19 aromatic carbocycles. The van der Waals surface area contributed by atoms with Crippen LogP contribution in [0.3, 0.4) is 0 Å². The molecule has 8 nitrogen and oxygen atoms in total. The predicted octanol–water partition coefficient (Wildman–Crippen LogP) is 32.2. The maximum absolute atomic E-state index is 10.2. The first kappa shape index (κ1) is 60.3. The van der Waals surface area contributed by atoms with Crippen molar-refractivity contribution in [3.05, 3.63) is 405 Å². The number of aromatic nitrogens is 2. The van der Waals surface area contributed by atoms with Crippen molar-refractivity contribution in [1.82, 2.24) is 9.13 Å². The summed E-state index contributed by atoms with van der Waals surface area (Å²) < 4.78 is 188. The third-order valence-electron chi connectivity index (χ3n) is 27.1. The third-order valence-corrected chi connectivity index (χ3v) is 27.1. The zero-order chi connectivity index (χ0) is 101. The molecule has 2 aliphatic heterocycles. The van der Waals surface area contributed by atoms with Crippen LogP contribution in [-0.4, -0.2) is 15.8 Å². The minimum atomic E-state index is -0.954. The second-order valence-electron chi connectivity index (χ2n) is 36.5. The highest BCUT2D eigenvalue weighted by Crippen LogP contribution is 2.58. The van der Waals surface area contributed by atoms with Crippen molar-refractivity contribution in [1.29, 1.82) is 0 Å². The molecule has 9 heteroatoms. The van der Waals surface area contributed by atoms with E-state index in [0.29, 0.717) is 89.7 Å². The van der Waals surface area contributed by atoms with E-state index in [1.165, 1.54) is 0 Å². The van der Waals surface area contributed by atoms with Crippen LogP contribution >= 0.6 is 0 Å². The van der Waals surface area contributed by atoms with E-state index in [0.717, 1.165) is 126 Å². The maximum atomic E-state index is 10.2. The van der Waals surface area contributed by atoms with Gasteiger partial charge in [0.1, 0.15) is 44.7 Å². The van der Waals surface area contributed by atoms with E-state index in [4.69, 9.17) is 17.7 Å². The summed E-state index contributed by atoms with van der Waals surface area (Å²) in [6.07, 6.45) is 0. The average molecular weight is 1700 g/mol. The molecule has 131 heavy (non-hydrogen) atoms. The van der Waals surface area contributed by atoms with Crippen molar-refractivity contribution >= 4 is 189 Å². The molecule has 0 radical (unpaired) electrons. The lowest BCUT2D eigenvalue weighted by Crippen LogP contribution is -2.61. The summed E-state index contributed by atoms with van der Waals surface area (Å²) in [6, 6.07) is 92.3. The molecule has 27 rings (SSSR count). The van der Waals surface area contributed by atoms with Crippen LogP contribution in [0.4, 0.5) is 34.1 Å². The number of benzene rings is 19. The van der Waals surface area contributed by atoms with E-state index in [2.05, 4.69) is 197 Å². The van der Waals surface area contributed by atoms with Gasteiger partial charge in [-0.05, 0) is 200 Å². The molecular formula is C122H83BN4O4. The minimum Gasteiger partial charge on any atom is -0.456 e. The SMILES string of the molecule is [2H]c1c([2H])c([2H])c2c(c1[2H])c1c([2H])c([2H])c([2H])c([2H])c1n2-c1ccc2c(c1)N(c1c(-c3ccccc3)cc(C(C)(C)C)cc1-c1cccc3c1oc1ccccc13)c1cc(-c3cc(-c4ccc5oc6ccccc6c5c4)c4oc5ccccc5c4c3)cc3c1B2c1ccc(-n2c4c([2H])c([2H])c([2H])c([2H])c4c4c([2H])c([2H])c([2H])c([2H])c42)cc1N3c1c(-c2ccccc2)cc(C(C)(C)C)cc1-c1cccc2c1oc1ccccc12. The van der Waals surface area contributed by atoms with Gasteiger partial charge < -0.3 is 36.6 Å². The third kappa shape index (κ3) is 11.3. The first-order chi connectivity index (χ1) is 70.9. The average Bonchev–Trinajstić information content (AvgIpc) is 1.45. The van der Waals surface area contributed by atoms with Gasteiger partial charge in [-0.15, -0.1) is 0 Å². The molecule has 0 unspecified atom stereocenters. The van der Waals surface area contributed by atoms with E-state index < -0.39 is 114 Å². The standard InChI is InChI=1S/C122H83BN4O4/c1-121(2,3)77-66-93(72-31-9-7-10-32-72)116(97(68-77)91-45-29-43-89-85-39-17-26-52-111(85)129-118(89)91)126-106-70-79(124-102-47-21-13-35-81(102)82-36-14-22-48-103(82)124)56-58-100(106)123-101-59-57-80(125-104-49-23-15-37-83(104)84-38-16-24-50-105(84)125)71-107(101)127(117-94(73-33-11-8-12-34-73)67-78(122(4,5)6)69-98(117)92-46-30-44-90-86-40-18-27-53-112(86)130-119(90)92)109-65-76(64-108(126)115(109)123)75-62-95(120-99(63-75)88-42-20-28-54-113(88)131-120)74-55-60-114-96(61-74)87-41-19-25-51-110(87)128-114/h7-71H,1-6H3/i13D,14D,15D,16D,21D,22D,23D,24D,35D,36D,37D,38D,47D,48D,49D,50D. The van der Waals surface area contributed by atoms with Gasteiger partial charge in [-0.2, -0.15) is 0 Å². The van der Waals surface area contributed by atoms with E-state index in [-0.39, 0.29) is 55.0 Å². The number of rotatable bonds is 10. The highest BCUT2D eigenvalue weighted by molar-refractivity contribution is 7.00. The fraction of sp³-hybridized carbons (Fsp3) is 0.0656. The summed E-state index contributed by atoms with van der Waals surface area (Å²) in [5.41, 5.74) is 20.6. The highest BCUT2D eigenvalue weighted by atomic mass is 16.3. The molecule has 0 atom stereocenters. The van der Waals surface area contributed by atoms with Crippen LogP contribution in [0, 0.1) is 0 Å². The second-order valence-corrected chi connectivity index (χ2v) is 36.5. The lowest BCUT2D eigenvalue weighted by molar-refractivity contribution is 0.590. The molecule has 0 N–H and O–H groups in total. The summed E-state index contributed by atoms with van der Waals surface area (Å²) >= 11 is 0. The largest absolute Gasteiger partial charge is 0.456 e. The Labute approximate surface area is 778 Å². The molecule has 0 aliphatic carbocycles. The van der Waals surface area contributed by atoms with Gasteiger partial charge in [-0.3, -0.25) is 0 Å². The van der Waals surface area contributed by atoms with E-state index in [1.807, 2.05) is 152 Å². The van der Waals surface area contributed by atoms with Crippen molar-refractivity contribution < 1.29 is 39.6 Å². The van der Waals surface area contributed by atoms with Gasteiger partial charge in [0.05, 0.1) is 55.4 Å². The Hall–Kier alpha value is -16.4. The molecule has 0 amide bonds. The highest BCUT2D eigenvalue weighted by Gasteiger charge is 2.47. The predicted molar refractivity (Wildman–Crippen MR) is 548 cm³/mol. The normalized spacial score (nSPS) is 14.6. The molecule has 0 spiro atoms. The molecule has 0 bridgehead atoms. The first-order valence-corrected chi connectivity index (χ1v) is 44.1. The molecule has 8 heterocycles. The fourth-order valence-electron chi connectivity index (χ4n) is 21.0. The number of furan rings is 4. The van der Waals surface area contributed by atoms with Crippen LogP contribution in [0.15, 0.2) is 412 Å². The fourth-order valence-corrected chi connectivity index (χ4v) is 21.0. The number of nitrogens with zero attached hydrogens (tertiary/aromatic N) is 4. The van der Waals surface area contributed by atoms with Crippen molar-refractivity contribution in [2.24, 2.45) is 0 Å². The number of fused-ring (bicyclic) bond motifs is 22. The van der Waals surface area contributed by atoms with Gasteiger partial charge in [0, 0.05) is 138 Å². The zero-order valence-corrected chi connectivity index (χ0v) is 71.8. The number of hydrogen-bond donors (Lipinski definition) is 0. The zero-order valence-electron chi connectivity index (χ0n) is 87.8. The van der Waals surface area contributed by atoms with Gasteiger partial charge in [-0.1, -0.05) is 302 Å². The van der Waals surface area contributed by atoms with Crippen LogP contribution in [-0.2, 0) is 10.8 Å². The van der Waals surface area contributed by atoms with Crippen LogP contribution in [0.5, 0.6) is 0 Å². The monoisotopic (exact) mass is 1690 g/mol. The van der Waals surface area contributed by atoms with Crippen molar-refractivity contribution in [2.75, 3.05) is 9.80 Å².